The molecule has 3 aromatic rings. The molecule has 7 heteroatoms. The molecule has 2 fully saturated rings. The average molecular weight is 464 g/mol. The van der Waals surface area contributed by atoms with Crippen LogP contribution in [0.2, 0.25) is 0 Å². The van der Waals surface area contributed by atoms with Crippen molar-refractivity contribution in [3.05, 3.63) is 83.9 Å². The number of piperazine rings is 1. The Morgan fingerprint density at radius 2 is 1.65 bits per heavy atom. The highest BCUT2D eigenvalue weighted by Gasteiger charge is 2.28. The van der Waals surface area contributed by atoms with Gasteiger partial charge in [0.2, 0.25) is 0 Å². The van der Waals surface area contributed by atoms with Crippen LogP contribution in [0.3, 0.4) is 0 Å². The van der Waals surface area contributed by atoms with Crippen LogP contribution in [-0.4, -0.2) is 79.1 Å². The van der Waals surface area contributed by atoms with Gasteiger partial charge in [0.05, 0.1) is 24.8 Å². The summed E-state index contributed by atoms with van der Waals surface area (Å²) in [7, 11) is 0. The van der Waals surface area contributed by atoms with Crippen LogP contribution in [-0.2, 0) is 11.3 Å². The van der Waals surface area contributed by atoms with E-state index >= 15 is 0 Å². The first kappa shape index (κ1) is 22.8. The number of hydrogen-bond donors (Lipinski definition) is 0. The number of rotatable bonds is 6. The Labute approximate surface area is 199 Å². The number of carbonyl (C=O) groups excluding carboxylic acids is 1. The highest BCUT2D eigenvalue weighted by Crippen LogP contribution is 2.23. The van der Waals surface area contributed by atoms with Crippen LogP contribution in [0.15, 0.2) is 71.1 Å². The van der Waals surface area contributed by atoms with Gasteiger partial charge in [-0.3, -0.25) is 14.6 Å². The van der Waals surface area contributed by atoms with Crippen LogP contribution in [0.1, 0.15) is 16.1 Å². The topological polar surface area (TPSA) is 49.2 Å². The van der Waals surface area contributed by atoms with Gasteiger partial charge in [-0.25, -0.2) is 4.39 Å². The van der Waals surface area contributed by atoms with Crippen LogP contribution in [0, 0.1) is 5.82 Å². The van der Waals surface area contributed by atoms with Crippen molar-refractivity contribution in [1.29, 1.82) is 0 Å². The molecule has 0 N–H and O–H groups in total. The number of amides is 1. The van der Waals surface area contributed by atoms with E-state index in [9.17, 15) is 9.18 Å². The summed E-state index contributed by atoms with van der Waals surface area (Å²) < 4.78 is 26.1. The Hall–Kier alpha value is -3.00. The Kier molecular flexibility index (Phi) is 7.04. The zero-order valence-corrected chi connectivity index (χ0v) is 19.2. The number of morpholine rings is 1. The Balaban J connectivity index is 1.10. The highest BCUT2D eigenvalue weighted by molar-refractivity contribution is 5.94. The number of carbonyl (C=O) groups is 1. The van der Waals surface area contributed by atoms with Crippen LogP contribution in [0.25, 0.3) is 11.3 Å². The lowest BCUT2D eigenvalue weighted by Crippen LogP contribution is -2.53. The molecule has 3 heterocycles. The lowest BCUT2D eigenvalue weighted by Gasteiger charge is -2.39. The Morgan fingerprint density at radius 3 is 2.44 bits per heavy atom. The number of hydrogen-bond acceptors (Lipinski definition) is 5. The summed E-state index contributed by atoms with van der Waals surface area (Å²) in [6.07, 6.45) is 0.117. The Morgan fingerprint density at radius 1 is 0.882 bits per heavy atom. The summed E-state index contributed by atoms with van der Waals surface area (Å²) in [4.78, 5) is 19.1. The molecule has 34 heavy (non-hydrogen) atoms. The van der Waals surface area contributed by atoms with Crippen molar-refractivity contribution in [1.82, 2.24) is 14.7 Å². The van der Waals surface area contributed by atoms with Crippen molar-refractivity contribution in [3.8, 4) is 11.3 Å². The minimum atomic E-state index is -0.460. The molecule has 6 nitrogen and oxygen atoms in total. The minimum Gasteiger partial charge on any atom is -0.460 e. The van der Waals surface area contributed by atoms with E-state index in [2.05, 4.69) is 28.0 Å². The van der Waals surface area contributed by atoms with Gasteiger partial charge in [0.25, 0.3) is 5.91 Å². The molecule has 0 aliphatic carbocycles. The summed E-state index contributed by atoms with van der Waals surface area (Å²) in [6.45, 7) is 6.72. The van der Waals surface area contributed by atoms with Gasteiger partial charge in [0, 0.05) is 51.4 Å². The fourth-order valence-corrected chi connectivity index (χ4v) is 4.70. The molecule has 0 bridgehead atoms. The minimum absolute atomic E-state index is 0.117. The maximum atomic E-state index is 14.0. The lowest BCUT2D eigenvalue weighted by molar-refractivity contribution is -0.0510. The van der Waals surface area contributed by atoms with E-state index < -0.39 is 5.82 Å². The summed E-state index contributed by atoms with van der Waals surface area (Å²) in [5.74, 6) is 1.16. The normalized spacial score (nSPS) is 19.9. The van der Waals surface area contributed by atoms with E-state index in [1.165, 1.54) is 6.07 Å². The first-order valence-corrected chi connectivity index (χ1v) is 11.9. The smallest absolute Gasteiger partial charge is 0.256 e. The standard InChI is InChI=1S/C27H30FN3O3/c28-25-9-5-4-8-24(25)27(32)31-14-12-29(13-15-31)19-23-20-30(16-17-33-23)18-22-10-11-26(34-22)21-6-2-1-3-7-21/h1-11,23H,12-20H2. The van der Waals surface area contributed by atoms with Gasteiger partial charge in [-0.05, 0) is 24.3 Å². The molecule has 2 saturated heterocycles. The van der Waals surface area contributed by atoms with Crippen molar-refractivity contribution in [3.63, 3.8) is 0 Å². The zero-order chi connectivity index (χ0) is 23.3. The Bertz CT molecular complexity index is 1100. The van der Waals surface area contributed by atoms with Crippen molar-refractivity contribution in [2.45, 2.75) is 12.6 Å². The summed E-state index contributed by atoms with van der Waals surface area (Å²) in [5.41, 5.74) is 1.23. The van der Waals surface area contributed by atoms with E-state index in [1.807, 2.05) is 24.3 Å². The van der Waals surface area contributed by atoms with Gasteiger partial charge >= 0.3 is 0 Å². The third-order valence-electron chi connectivity index (χ3n) is 6.55. The molecule has 0 radical (unpaired) electrons. The first-order valence-electron chi connectivity index (χ1n) is 11.9. The number of furan rings is 1. The third-order valence-corrected chi connectivity index (χ3v) is 6.55. The lowest BCUT2D eigenvalue weighted by atomic mass is 10.1. The number of nitrogens with zero attached hydrogens (tertiary/aromatic N) is 3. The number of benzene rings is 2. The summed E-state index contributed by atoms with van der Waals surface area (Å²) in [5, 5.41) is 0. The van der Waals surface area contributed by atoms with E-state index in [-0.39, 0.29) is 17.6 Å². The van der Waals surface area contributed by atoms with Gasteiger partial charge in [-0.1, -0.05) is 42.5 Å². The largest absolute Gasteiger partial charge is 0.460 e. The number of halogens is 1. The van der Waals surface area contributed by atoms with Crippen LogP contribution in [0.4, 0.5) is 4.39 Å². The van der Waals surface area contributed by atoms with E-state index in [1.54, 1.807) is 23.1 Å². The van der Waals surface area contributed by atoms with Crippen molar-refractivity contribution in [2.24, 2.45) is 0 Å². The molecule has 2 aliphatic rings. The second-order valence-corrected chi connectivity index (χ2v) is 8.93. The molecule has 1 atom stereocenters. The van der Waals surface area contributed by atoms with Crippen LogP contribution in [0.5, 0.6) is 0 Å². The maximum absolute atomic E-state index is 14.0. The van der Waals surface area contributed by atoms with Gasteiger partial charge in [0.1, 0.15) is 17.3 Å². The zero-order valence-electron chi connectivity index (χ0n) is 19.2. The average Bonchev–Trinajstić information content (AvgIpc) is 3.34. The highest BCUT2D eigenvalue weighted by atomic mass is 19.1. The molecular weight excluding hydrogens is 433 g/mol. The monoisotopic (exact) mass is 463 g/mol. The third kappa shape index (κ3) is 5.38. The van der Waals surface area contributed by atoms with Crippen LogP contribution >= 0.6 is 0 Å². The predicted molar refractivity (Wildman–Crippen MR) is 128 cm³/mol. The molecule has 1 aromatic heterocycles. The molecule has 0 saturated carbocycles. The predicted octanol–water partition coefficient (Wildman–Crippen LogP) is 3.74. The molecule has 0 spiro atoms. The number of ether oxygens (including phenoxy) is 1. The van der Waals surface area contributed by atoms with E-state index in [0.29, 0.717) is 19.7 Å². The van der Waals surface area contributed by atoms with Gasteiger partial charge in [-0.15, -0.1) is 0 Å². The van der Waals surface area contributed by atoms with Crippen molar-refractivity contribution < 1.29 is 18.3 Å². The van der Waals surface area contributed by atoms with Crippen molar-refractivity contribution >= 4 is 5.91 Å². The van der Waals surface area contributed by atoms with Crippen molar-refractivity contribution in [2.75, 3.05) is 52.4 Å². The molecule has 2 aliphatic heterocycles. The molecule has 5 rings (SSSR count). The van der Waals surface area contributed by atoms with E-state index in [0.717, 1.165) is 56.4 Å². The van der Waals surface area contributed by atoms with Gasteiger partial charge in [-0.2, -0.15) is 0 Å². The SMILES string of the molecule is O=C(c1ccccc1F)N1CCN(CC2CN(Cc3ccc(-c4ccccc4)o3)CCO2)CC1. The molecule has 1 unspecified atom stereocenters. The second-order valence-electron chi connectivity index (χ2n) is 8.93. The van der Waals surface area contributed by atoms with E-state index in [4.69, 9.17) is 9.15 Å². The van der Waals surface area contributed by atoms with Gasteiger partial charge in [0.15, 0.2) is 0 Å². The fraction of sp³-hybridized carbons (Fsp3) is 0.370. The second kappa shape index (κ2) is 10.5. The first-order chi connectivity index (χ1) is 16.7. The van der Waals surface area contributed by atoms with Crippen LogP contribution < -0.4 is 0 Å². The molecular formula is C27H30FN3O3. The van der Waals surface area contributed by atoms with Gasteiger partial charge < -0.3 is 14.1 Å². The molecule has 178 valence electrons. The molecule has 2 aromatic carbocycles. The maximum Gasteiger partial charge on any atom is 0.256 e. The fourth-order valence-electron chi connectivity index (χ4n) is 4.70. The quantitative estimate of drug-likeness (QED) is 0.557. The molecule has 1 amide bonds. The summed E-state index contributed by atoms with van der Waals surface area (Å²) >= 11 is 0. The summed E-state index contributed by atoms with van der Waals surface area (Å²) in [6, 6.07) is 20.4.